The van der Waals surface area contributed by atoms with Crippen molar-refractivity contribution in [2.75, 3.05) is 19.8 Å². The van der Waals surface area contributed by atoms with E-state index in [0.717, 1.165) is 44.9 Å². The SMILES string of the molecule is CC/C=C\C/C=C\C/C=C\CCCCCCCCOCC(CO)OC(=O)CCCCCCCCC/C=C\CCCCCCCC. The summed E-state index contributed by atoms with van der Waals surface area (Å²) in [6.45, 7) is 5.20. The van der Waals surface area contributed by atoms with Crippen molar-refractivity contribution in [2.45, 2.75) is 187 Å². The first-order chi connectivity index (χ1) is 22.2. The number of carbonyl (C=O) groups excluding carboxylic acids is 1. The predicted octanol–water partition coefficient (Wildman–Crippen LogP) is 12.3. The van der Waals surface area contributed by atoms with Crippen molar-refractivity contribution >= 4 is 5.97 Å². The van der Waals surface area contributed by atoms with Crippen molar-refractivity contribution in [1.29, 1.82) is 0 Å². The minimum absolute atomic E-state index is 0.180. The molecule has 0 spiro atoms. The zero-order valence-corrected chi connectivity index (χ0v) is 29.9. The van der Waals surface area contributed by atoms with E-state index in [4.69, 9.17) is 9.47 Å². The number of ether oxygens (including phenoxy) is 2. The van der Waals surface area contributed by atoms with E-state index >= 15 is 0 Å². The average molecular weight is 631 g/mol. The van der Waals surface area contributed by atoms with Gasteiger partial charge in [-0.1, -0.05) is 152 Å². The fourth-order valence-corrected chi connectivity index (χ4v) is 5.28. The van der Waals surface area contributed by atoms with E-state index in [-0.39, 0.29) is 19.2 Å². The maximum absolute atomic E-state index is 12.2. The molecule has 0 fully saturated rings. The predicted molar refractivity (Wildman–Crippen MR) is 196 cm³/mol. The Bertz CT molecular complexity index is 708. The summed E-state index contributed by atoms with van der Waals surface area (Å²) < 4.78 is 11.1. The summed E-state index contributed by atoms with van der Waals surface area (Å²) >= 11 is 0. The zero-order valence-electron chi connectivity index (χ0n) is 29.9. The van der Waals surface area contributed by atoms with Crippen molar-refractivity contribution in [3.8, 4) is 0 Å². The molecule has 0 aliphatic heterocycles. The molecule has 0 saturated heterocycles. The lowest BCUT2D eigenvalue weighted by atomic mass is 10.1. The van der Waals surface area contributed by atoms with Gasteiger partial charge in [-0.25, -0.2) is 0 Å². The van der Waals surface area contributed by atoms with Crippen molar-refractivity contribution in [3.05, 3.63) is 48.6 Å². The monoisotopic (exact) mass is 631 g/mol. The molecule has 0 rings (SSSR count). The highest BCUT2D eigenvalue weighted by Crippen LogP contribution is 2.12. The Morgan fingerprint density at radius 2 is 1.00 bits per heavy atom. The molecule has 4 heteroatoms. The molecule has 1 unspecified atom stereocenters. The van der Waals surface area contributed by atoms with Crippen LogP contribution in [0.5, 0.6) is 0 Å². The molecule has 45 heavy (non-hydrogen) atoms. The lowest BCUT2D eigenvalue weighted by molar-refractivity contribution is -0.154. The molecule has 0 saturated carbocycles. The molecule has 1 atom stereocenters. The van der Waals surface area contributed by atoms with Crippen LogP contribution < -0.4 is 0 Å². The van der Waals surface area contributed by atoms with Gasteiger partial charge in [0.2, 0.25) is 0 Å². The van der Waals surface area contributed by atoms with Crippen LogP contribution in [0.3, 0.4) is 0 Å². The van der Waals surface area contributed by atoms with Gasteiger partial charge in [0.15, 0.2) is 0 Å². The summed E-state index contributed by atoms with van der Waals surface area (Å²) in [5.41, 5.74) is 0. The topological polar surface area (TPSA) is 55.8 Å². The Balaban J connectivity index is 3.47. The summed E-state index contributed by atoms with van der Waals surface area (Å²) in [7, 11) is 0. The number of aliphatic hydroxyl groups is 1. The molecule has 0 heterocycles. The number of hydrogen-bond donors (Lipinski definition) is 1. The van der Waals surface area contributed by atoms with Crippen molar-refractivity contribution < 1.29 is 19.4 Å². The first kappa shape index (κ1) is 43.4. The van der Waals surface area contributed by atoms with Crippen LogP contribution in [0.4, 0.5) is 0 Å². The normalized spacial score (nSPS) is 12.9. The fourth-order valence-electron chi connectivity index (χ4n) is 5.28. The van der Waals surface area contributed by atoms with Gasteiger partial charge in [-0.05, 0) is 70.6 Å². The number of esters is 1. The quantitative estimate of drug-likeness (QED) is 0.0430. The third-order valence-corrected chi connectivity index (χ3v) is 8.14. The molecule has 1 N–H and O–H groups in total. The van der Waals surface area contributed by atoms with Crippen LogP contribution in [0.25, 0.3) is 0 Å². The second-order valence-electron chi connectivity index (χ2n) is 12.6. The van der Waals surface area contributed by atoms with E-state index in [1.165, 1.54) is 116 Å². The van der Waals surface area contributed by atoms with E-state index in [9.17, 15) is 9.90 Å². The van der Waals surface area contributed by atoms with E-state index in [0.29, 0.717) is 13.0 Å². The van der Waals surface area contributed by atoms with Gasteiger partial charge in [0, 0.05) is 13.0 Å². The highest BCUT2D eigenvalue weighted by Gasteiger charge is 2.13. The Hall–Kier alpha value is -1.65. The van der Waals surface area contributed by atoms with E-state index < -0.39 is 6.10 Å². The first-order valence-corrected chi connectivity index (χ1v) is 19.2. The van der Waals surface area contributed by atoms with Crippen LogP contribution in [0.15, 0.2) is 48.6 Å². The van der Waals surface area contributed by atoms with E-state index in [2.05, 4.69) is 62.5 Å². The summed E-state index contributed by atoms with van der Waals surface area (Å²) in [5.74, 6) is -0.212. The zero-order chi connectivity index (χ0) is 32.7. The standard InChI is InChI=1S/C41H74O4/c1-3-5-7-9-11-13-15-17-19-21-22-24-26-28-30-32-34-36-41(43)45-40(38-42)39-44-37-35-33-31-29-27-25-23-20-18-16-14-12-10-8-6-4-2/h6,8,12,14,17-20,40,42H,3-5,7,9-11,13,15-16,21-39H2,1-2H3/b8-6-,14-12-,19-17-,20-18-. The van der Waals surface area contributed by atoms with Crippen molar-refractivity contribution in [2.24, 2.45) is 0 Å². The molecule has 4 nitrogen and oxygen atoms in total. The van der Waals surface area contributed by atoms with Gasteiger partial charge < -0.3 is 14.6 Å². The number of carbonyl (C=O) groups is 1. The van der Waals surface area contributed by atoms with Crippen LogP contribution in [-0.4, -0.2) is 37.0 Å². The number of allylic oxidation sites excluding steroid dienone is 8. The largest absolute Gasteiger partial charge is 0.457 e. The van der Waals surface area contributed by atoms with Gasteiger partial charge >= 0.3 is 5.97 Å². The molecular weight excluding hydrogens is 556 g/mol. The lowest BCUT2D eigenvalue weighted by Gasteiger charge is -2.15. The second-order valence-corrected chi connectivity index (χ2v) is 12.6. The van der Waals surface area contributed by atoms with Gasteiger partial charge in [0.1, 0.15) is 6.10 Å². The van der Waals surface area contributed by atoms with Gasteiger partial charge in [-0.3, -0.25) is 4.79 Å². The van der Waals surface area contributed by atoms with Crippen molar-refractivity contribution in [3.63, 3.8) is 0 Å². The Morgan fingerprint density at radius 3 is 1.53 bits per heavy atom. The molecule has 0 aromatic rings. The van der Waals surface area contributed by atoms with Crippen LogP contribution in [-0.2, 0) is 14.3 Å². The third kappa shape index (κ3) is 36.7. The molecule has 0 bridgehead atoms. The Morgan fingerprint density at radius 1 is 0.556 bits per heavy atom. The maximum atomic E-state index is 12.2. The Kier molecular flexibility index (Phi) is 37.1. The van der Waals surface area contributed by atoms with Crippen LogP contribution in [0, 0.1) is 0 Å². The Labute approximate surface area is 280 Å². The molecule has 262 valence electrons. The summed E-state index contributed by atoms with van der Waals surface area (Å²) in [4.78, 5) is 12.2. The summed E-state index contributed by atoms with van der Waals surface area (Å²) in [6, 6.07) is 0. The fraction of sp³-hybridized carbons (Fsp3) is 0.780. The minimum atomic E-state index is -0.543. The minimum Gasteiger partial charge on any atom is -0.457 e. The molecular formula is C41H74O4. The molecule has 0 aliphatic carbocycles. The summed E-state index contributed by atoms with van der Waals surface area (Å²) in [6.07, 6.45) is 48.7. The highest BCUT2D eigenvalue weighted by atomic mass is 16.6. The van der Waals surface area contributed by atoms with Gasteiger partial charge in [-0.2, -0.15) is 0 Å². The molecule has 0 aromatic heterocycles. The molecule has 0 amide bonds. The van der Waals surface area contributed by atoms with E-state index in [1.54, 1.807) is 0 Å². The van der Waals surface area contributed by atoms with Gasteiger partial charge in [0.05, 0.1) is 13.2 Å². The average Bonchev–Trinajstić information content (AvgIpc) is 3.05. The maximum Gasteiger partial charge on any atom is 0.306 e. The number of aliphatic hydroxyl groups excluding tert-OH is 1. The van der Waals surface area contributed by atoms with Gasteiger partial charge in [-0.15, -0.1) is 0 Å². The smallest absolute Gasteiger partial charge is 0.306 e. The van der Waals surface area contributed by atoms with Crippen LogP contribution in [0.2, 0.25) is 0 Å². The number of hydrogen-bond acceptors (Lipinski definition) is 4. The third-order valence-electron chi connectivity index (χ3n) is 8.14. The van der Waals surface area contributed by atoms with Crippen molar-refractivity contribution in [1.82, 2.24) is 0 Å². The molecule has 0 aromatic carbocycles. The van der Waals surface area contributed by atoms with Crippen LogP contribution in [0.1, 0.15) is 181 Å². The highest BCUT2D eigenvalue weighted by molar-refractivity contribution is 5.69. The number of rotatable bonds is 35. The molecule has 0 radical (unpaired) electrons. The van der Waals surface area contributed by atoms with E-state index in [1.807, 2.05) is 0 Å². The van der Waals surface area contributed by atoms with Gasteiger partial charge in [0.25, 0.3) is 0 Å². The van der Waals surface area contributed by atoms with Crippen LogP contribution >= 0.6 is 0 Å². The second kappa shape index (κ2) is 38.5. The number of unbranched alkanes of at least 4 members (excludes halogenated alkanes) is 19. The molecule has 0 aliphatic rings. The lowest BCUT2D eigenvalue weighted by Crippen LogP contribution is -2.27. The first-order valence-electron chi connectivity index (χ1n) is 19.2. The summed E-state index contributed by atoms with van der Waals surface area (Å²) in [5, 5.41) is 9.57.